The van der Waals surface area contributed by atoms with E-state index in [1.807, 2.05) is 59.2 Å². The average Bonchev–Trinajstić information content (AvgIpc) is 2.97. The topological polar surface area (TPSA) is 66.0 Å². The summed E-state index contributed by atoms with van der Waals surface area (Å²) in [7, 11) is 0. The Balaban J connectivity index is 1.82. The highest BCUT2D eigenvalue weighted by molar-refractivity contribution is 6.35. The molecule has 0 atom stereocenters. The number of hydrogen-bond acceptors (Lipinski definition) is 4. The number of nitrogens with zero attached hydrogens (tertiary/aromatic N) is 3. The van der Waals surface area contributed by atoms with Crippen LogP contribution in [-0.2, 0) is 5.54 Å². The van der Waals surface area contributed by atoms with E-state index >= 15 is 0 Å². The Morgan fingerprint density at radius 2 is 1.57 bits per heavy atom. The van der Waals surface area contributed by atoms with Gasteiger partial charge in [-0.3, -0.25) is 0 Å². The van der Waals surface area contributed by atoms with Gasteiger partial charge in [-0.15, -0.1) is 0 Å². The molecule has 0 aliphatic heterocycles. The van der Waals surface area contributed by atoms with E-state index < -0.39 is 0 Å². The molecule has 0 spiro atoms. The number of nitrogens with two attached hydrogens (primary N) is 1. The van der Waals surface area contributed by atoms with Gasteiger partial charge in [0.05, 0.1) is 5.39 Å². The number of anilines is 1. The number of rotatable bonds is 3. The Morgan fingerprint density at radius 3 is 2.21 bits per heavy atom. The molecule has 0 unspecified atom stereocenters. The summed E-state index contributed by atoms with van der Waals surface area (Å²) in [6.07, 6.45) is 1.47. The Morgan fingerprint density at radius 1 is 0.929 bits per heavy atom. The Hall–Kier alpha value is -3.05. The molecule has 2 aromatic heterocycles. The summed E-state index contributed by atoms with van der Waals surface area (Å²) in [5.41, 5.74) is 8.43. The van der Waals surface area contributed by atoms with E-state index in [1.165, 1.54) is 6.33 Å². The fraction of sp³-hybridized carbons (Fsp3) is 0.182. The predicted molar refractivity (Wildman–Crippen MR) is 114 cm³/mol. The van der Waals surface area contributed by atoms with Crippen molar-refractivity contribution in [1.29, 1.82) is 0 Å². The lowest BCUT2D eigenvalue weighted by molar-refractivity contribution is 0.409. The zero-order valence-electron chi connectivity index (χ0n) is 16.0. The second-order valence-corrected chi connectivity index (χ2v) is 7.93. The first-order chi connectivity index (χ1) is 13.4. The molecule has 2 aromatic carbocycles. The first kappa shape index (κ1) is 18.3. The monoisotopic (exact) mass is 392 g/mol. The van der Waals surface area contributed by atoms with Crippen LogP contribution in [-0.4, -0.2) is 14.5 Å². The van der Waals surface area contributed by atoms with E-state index in [4.69, 9.17) is 22.1 Å². The lowest BCUT2D eigenvalue weighted by atomic mass is 10.1. The number of nitrogen functional groups attached to an aromatic ring is 1. The van der Waals surface area contributed by atoms with Crippen molar-refractivity contribution < 1.29 is 4.74 Å². The van der Waals surface area contributed by atoms with Crippen molar-refractivity contribution in [2.24, 2.45) is 0 Å². The molecule has 2 N–H and O–H groups in total. The molecule has 6 heteroatoms. The molecule has 0 radical (unpaired) electrons. The van der Waals surface area contributed by atoms with Crippen molar-refractivity contribution in [1.82, 2.24) is 14.5 Å². The number of halogens is 1. The molecular formula is C22H21ClN4O. The van der Waals surface area contributed by atoms with Crippen LogP contribution in [0, 0.1) is 0 Å². The van der Waals surface area contributed by atoms with Crippen LogP contribution in [0.25, 0.3) is 22.2 Å². The van der Waals surface area contributed by atoms with Gasteiger partial charge in [0.15, 0.2) is 0 Å². The molecule has 142 valence electrons. The summed E-state index contributed by atoms with van der Waals surface area (Å²) in [6, 6.07) is 17.4. The van der Waals surface area contributed by atoms with Gasteiger partial charge in [0.25, 0.3) is 0 Å². The van der Waals surface area contributed by atoms with Crippen LogP contribution in [0.4, 0.5) is 5.82 Å². The van der Waals surface area contributed by atoms with Gasteiger partial charge in [0.1, 0.15) is 34.4 Å². The average molecular weight is 393 g/mol. The highest BCUT2D eigenvalue weighted by Gasteiger charge is 2.27. The maximum Gasteiger partial charge on any atom is 0.147 e. The molecule has 4 rings (SSSR count). The minimum absolute atomic E-state index is 0.259. The molecule has 5 nitrogen and oxygen atoms in total. The zero-order chi connectivity index (χ0) is 19.9. The molecule has 4 aromatic rings. The van der Waals surface area contributed by atoms with Crippen molar-refractivity contribution in [3.8, 4) is 22.6 Å². The van der Waals surface area contributed by atoms with E-state index in [2.05, 4.69) is 30.7 Å². The molecule has 0 aliphatic carbocycles. The number of fused-ring (bicyclic) bond motifs is 1. The van der Waals surface area contributed by atoms with Crippen LogP contribution < -0.4 is 10.5 Å². The highest BCUT2D eigenvalue weighted by atomic mass is 35.5. The quantitative estimate of drug-likeness (QED) is 0.472. The first-order valence-corrected chi connectivity index (χ1v) is 9.38. The maximum absolute atomic E-state index is 6.82. The van der Waals surface area contributed by atoms with Crippen molar-refractivity contribution in [2.45, 2.75) is 26.3 Å². The summed E-state index contributed by atoms with van der Waals surface area (Å²) in [5.74, 6) is 1.94. The third kappa shape index (κ3) is 3.18. The highest BCUT2D eigenvalue weighted by Crippen LogP contribution is 2.42. The van der Waals surface area contributed by atoms with Crippen LogP contribution in [0.2, 0.25) is 5.15 Å². The normalized spacial score (nSPS) is 11.7. The third-order valence-corrected chi connectivity index (χ3v) is 4.87. The summed E-state index contributed by atoms with van der Waals surface area (Å²) in [4.78, 5) is 8.62. The third-order valence-electron chi connectivity index (χ3n) is 4.51. The molecular weight excluding hydrogens is 372 g/mol. The smallest absolute Gasteiger partial charge is 0.147 e. The Kier molecular flexibility index (Phi) is 4.47. The van der Waals surface area contributed by atoms with Crippen molar-refractivity contribution in [2.75, 3.05) is 5.73 Å². The van der Waals surface area contributed by atoms with Gasteiger partial charge in [-0.2, -0.15) is 0 Å². The Bertz CT molecular complexity index is 1130. The second kappa shape index (κ2) is 6.84. The molecule has 0 saturated heterocycles. The number of aromatic nitrogens is 3. The van der Waals surface area contributed by atoms with E-state index in [9.17, 15) is 0 Å². The largest absolute Gasteiger partial charge is 0.457 e. The lowest BCUT2D eigenvalue weighted by Gasteiger charge is -2.23. The van der Waals surface area contributed by atoms with E-state index in [0.29, 0.717) is 11.0 Å². The number of para-hydroxylation sites is 1. The standard InChI is InChI=1S/C22H21ClN4O/c1-22(2,3)27-19(23)17(18-20(24)25-13-26-21(18)27)14-9-11-16(12-10-14)28-15-7-5-4-6-8-15/h4-13H,1-3H3,(H2,24,25,26). The molecule has 2 heterocycles. The Labute approximate surface area is 168 Å². The fourth-order valence-electron chi connectivity index (χ4n) is 3.30. The van der Waals surface area contributed by atoms with Crippen LogP contribution in [0.15, 0.2) is 60.9 Å². The number of hydrogen-bond donors (Lipinski definition) is 1. The molecule has 0 saturated carbocycles. The van der Waals surface area contributed by atoms with Gasteiger partial charge in [-0.25, -0.2) is 9.97 Å². The van der Waals surface area contributed by atoms with E-state index in [0.717, 1.165) is 33.7 Å². The molecule has 0 fully saturated rings. The van der Waals surface area contributed by atoms with Crippen molar-refractivity contribution >= 4 is 28.5 Å². The van der Waals surface area contributed by atoms with E-state index in [1.54, 1.807) is 0 Å². The van der Waals surface area contributed by atoms with Gasteiger partial charge in [0.2, 0.25) is 0 Å². The summed E-state index contributed by atoms with van der Waals surface area (Å²) in [6.45, 7) is 6.24. The van der Waals surface area contributed by atoms with Crippen LogP contribution in [0.5, 0.6) is 11.5 Å². The number of benzene rings is 2. The van der Waals surface area contributed by atoms with Gasteiger partial charge in [-0.1, -0.05) is 41.9 Å². The zero-order valence-corrected chi connectivity index (χ0v) is 16.7. The van der Waals surface area contributed by atoms with Gasteiger partial charge >= 0.3 is 0 Å². The molecule has 0 bridgehead atoms. The minimum atomic E-state index is -0.259. The molecule has 0 aliphatic rings. The summed E-state index contributed by atoms with van der Waals surface area (Å²) >= 11 is 6.82. The SMILES string of the molecule is CC(C)(C)n1c(Cl)c(-c2ccc(Oc3ccccc3)cc2)c2c(N)ncnc21. The lowest BCUT2D eigenvalue weighted by Crippen LogP contribution is -2.22. The maximum atomic E-state index is 6.82. The van der Waals surface area contributed by atoms with E-state index in [-0.39, 0.29) is 5.54 Å². The van der Waals surface area contributed by atoms with Gasteiger partial charge < -0.3 is 15.0 Å². The van der Waals surface area contributed by atoms with Crippen LogP contribution >= 0.6 is 11.6 Å². The van der Waals surface area contributed by atoms with Crippen molar-refractivity contribution in [3.63, 3.8) is 0 Å². The van der Waals surface area contributed by atoms with Crippen molar-refractivity contribution in [3.05, 3.63) is 66.1 Å². The minimum Gasteiger partial charge on any atom is -0.457 e. The second-order valence-electron chi connectivity index (χ2n) is 7.57. The van der Waals surface area contributed by atoms with Gasteiger partial charge in [-0.05, 0) is 50.6 Å². The van der Waals surface area contributed by atoms with Crippen LogP contribution in [0.1, 0.15) is 20.8 Å². The first-order valence-electron chi connectivity index (χ1n) is 9.00. The summed E-state index contributed by atoms with van der Waals surface area (Å²) < 4.78 is 7.87. The number of ether oxygens (including phenoxy) is 1. The van der Waals surface area contributed by atoms with Gasteiger partial charge in [0, 0.05) is 11.1 Å². The fourth-order valence-corrected chi connectivity index (χ4v) is 3.83. The molecule has 0 amide bonds. The summed E-state index contributed by atoms with van der Waals surface area (Å²) in [5, 5.41) is 1.35. The van der Waals surface area contributed by atoms with Crippen LogP contribution in [0.3, 0.4) is 0 Å². The molecule has 28 heavy (non-hydrogen) atoms. The predicted octanol–water partition coefficient (Wildman–Crippen LogP) is 5.88.